The Balaban J connectivity index is 0.000000671. The number of rotatable bonds is 4. The van der Waals surface area contributed by atoms with Crippen LogP contribution in [0.25, 0.3) is 0 Å². The van der Waals surface area contributed by atoms with E-state index in [0.717, 1.165) is 25.2 Å². The molecule has 1 aliphatic rings. The van der Waals surface area contributed by atoms with E-state index >= 15 is 0 Å². The molecule has 0 atom stereocenters. The van der Waals surface area contributed by atoms with Crippen molar-refractivity contribution in [2.75, 3.05) is 0 Å². The lowest BCUT2D eigenvalue weighted by molar-refractivity contribution is -0.119. The lowest BCUT2D eigenvalue weighted by Crippen LogP contribution is -2.04. The highest BCUT2D eigenvalue weighted by molar-refractivity contribution is 5.78. The van der Waals surface area contributed by atoms with Crippen LogP contribution in [0.15, 0.2) is 0 Å². The molecule has 0 saturated heterocycles. The van der Waals surface area contributed by atoms with Crippen LogP contribution in [0.3, 0.4) is 0 Å². The maximum absolute atomic E-state index is 11.2. The lowest BCUT2D eigenvalue weighted by Gasteiger charge is -2.05. The molecule has 1 aliphatic carbocycles. The molecule has 0 aromatic rings. The molecule has 1 nitrogen and oxygen atoms in total. The molecular formula is C12H24O. The molecule has 13 heavy (non-hydrogen) atoms. The zero-order chi connectivity index (χ0) is 10.1. The average molecular weight is 184 g/mol. The predicted octanol–water partition coefficient (Wildman–Crippen LogP) is 3.96. The Morgan fingerprint density at radius 1 is 1.23 bits per heavy atom. The first kappa shape index (κ1) is 12.7. The molecule has 0 unspecified atom stereocenters. The van der Waals surface area contributed by atoms with Gasteiger partial charge in [0.1, 0.15) is 5.78 Å². The van der Waals surface area contributed by atoms with Crippen molar-refractivity contribution < 1.29 is 4.79 Å². The maximum Gasteiger partial charge on any atom is 0.133 e. The molecule has 0 aromatic carbocycles. The third kappa shape index (κ3) is 5.84. The van der Waals surface area contributed by atoms with Crippen LogP contribution in [0.2, 0.25) is 0 Å². The maximum atomic E-state index is 11.2. The summed E-state index contributed by atoms with van der Waals surface area (Å²) in [5, 5.41) is 0. The summed E-state index contributed by atoms with van der Waals surface area (Å²) in [6.07, 6.45) is 7.99. The zero-order valence-electron chi connectivity index (χ0n) is 9.44. The SMILES string of the molecule is CC.CCCC(=O)CC1CCCC1. The Kier molecular flexibility index (Phi) is 8.07. The highest BCUT2D eigenvalue weighted by Crippen LogP contribution is 2.27. The van der Waals surface area contributed by atoms with Gasteiger partial charge >= 0.3 is 0 Å². The zero-order valence-corrected chi connectivity index (χ0v) is 9.44. The van der Waals surface area contributed by atoms with E-state index in [-0.39, 0.29) is 0 Å². The molecule has 1 heteroatoms. The molecule has 0 bridgehead atoms. The lowest BCUT2D eigenvalue weighted by atomic mass is 9.99. The molecule has 78 valence electrons. The Morgan fingerprint density at radius 3 is 2.23 bits per heavy atom. The predicted molar refractivity (Wildman–Crippen MR) is 57.8 cm³/mol. The summed E-state index contributed by atoms with van der Waals surface area (Å²) in [7, 11) is 0. The minimum absolute atomic E-state index is 0.486. The van der Waals surface area contributed by atoms with Gasteiger partial charge in [-0.1, -0.05) is 46.5 Å². The molecule has 1 fully saturated rings. The van der Waals surface area contributed by atoms with E-state index in [1.165, 1.54) is 25.7 Å². The topological polar surface area (TPSA) is 17.1 Å². The second-order valence-corrected chi connectivity index (χ2v) is 3.64. The second kappa shape index (κ2) is 8.28. The van der Waals surface area contributed by atoms with Crippen LogP contribution in [0.1, 0.15) is 65.7 Å². The van der Waals surface area contributed by atoms with Gasteiger partial charge in [0.15, 0.2) is 0 Å². The van der Waals surface area contributed by atoms with E-state index in [0.29, 0.717) is 5.78 Å². The van der Waals surface area contributed by atoms with Gasteiger partial charge in [-0.15, -0.1) is 0 Å². The third-order valence-corrected chi connectivity index (χ3v) is 2.52. The molecule has 0 aromatic heterocycles. The highest BCUT2D eigenvalue weighted by atomic mass is 16.1. The number of ketones is 1. The Bertz CT molecular complexity index is 123. The van der Waals surface area contributed by atoms with Gasteiger partial charge in [-0.05, 0) is 12.3 Å². The first-order valence-electron chi connectivity index (χ1n) is 5.84. The van der Waals surface area contributed by atoms with E-state index in [9.17, 15) is 4.79 Å². The Labute approximate surface area is 82.9 Å². The van der Waals surface area contributed by atoms with Crippen LogP contribution in [-0.2, 0) is 4.79 Å². The number of hydrogen-bond donors (Lipinski definition) is 0. The van der Waals surface area contributed by atoms with Crippen LogP contribution < -0.4 is 0 Å². The van der Waals surface area contributed by atoms with Crippen molar-refractivity contribution in [3.05, 3.63) is 0 Å². The van der Waals surface area contributed by atoms with Gasteiger partial charge < -0.3 is 0 Å². The highest BCUT2D eigenvalue weighted by Gasteiger charge is 2.17. The molecule has 0 amide bonds. The summed E-state index contributed by atoms with van der Waals surface area (Å²) in [6.45, 7) is 6.08. The molecule has 0 heterocycles. The number of carbonyl (C=O) groups is 1. The Morgan fingerprint density at radius 2 is 1.77 bits per heavy atom. The summed E-state index contributed by atoms with van der Waals surface area (Å²) < 4.78 is 0. The van der Waals surface area contributed by atoms with Crippen molar-refractivity contribution >= 4 is 5.78 Å². The van der Waals surface area contributed by atoms with Crippen molar-refractivity contribution in [2.45, 2.75) is 65.7 Å². The van der Waals surface area contributed by atoms with Crippen LogP contribution in [-0.4, -0.2) is 5.78 Å². The molecule has 1 saturated carbocycles. The smallest absolute Gasteiger partial charge is 0.133 e. The van der Waals surface area contributed by atoms with Crippen molar-refractivity contribution in [1.29, 1.82) is 0 Å². The van der Waals surface area contributed by atoms with Gasteiger partial charge in [0.25, 0.3) is 0 Å². The van der Waals surface area contributed by atoms with Gasteiger partial charge in [-0.2, -0.15) is 0 Å². The van der Waals surface area contributed by atoms with Crippen LogP contribution in [0, 0.1) is 5.92 Å². The number of hydrogen-bond acceptors (Lipinski definition) is 1. The normalized spacial score (nSPS) is 16.5. The quantitative estimate of drug-likeness (QED) is 0.646. The molecule has 0 radical (unpaired) electrons. The fourth-order valence-electron chi connectivity index (χ4n) is 1.92. The minimum atomic E-state index is 0.486. The largest absolute Gasteiger partial charge is 0.300 e. The van der Waals surface area contributed by atoms with Gasteiger partial charge in [0.2, 0.25) is 0 Å². The van der Waals surface area contributed by atoms with Crippen molar-refractivity contribution in [3.8, 4) is 0 Å². The summed E-state index contributed by atoms with van der Waals surface area (Å²) in [6, 6.07) is 0. The number of carbonyl (C=O) groups excluding carboxylic acids is 1. The van der Waals surface area contributed by atoms with E-state index in [1.54, 1.807) is 0 Å². The molecule has 0 aliphatic heterocycles. The molecular weight excluding hydrogens is 160 g/mol. The first-order valence-corrected chi connectivity index (χ1v) is 5.84. The van der Waals surface area contributed by atoms with Crippen LogP contribution in [0.4, 0.5) is 0 Å². The second-order valence-electron chi connectivity index (χ2n) is 3.64. The van der Waals surface area contributed by atoms with Crippen molar-refractivity contribution in [3.63, 3.8) is 0 Å². The minimum Gasteiger partial charge on any atom is -0.300 e. The fraction of sp³-hybridized carbons (Fsp3) is 0.917. The molecule has 0 N–H and O–H groups in total. The van der Waals surface area contributed by atoms with Crippen LogP contribution >= 0.6 is 0 Å². The van der Waals surface area contributed by atoms with Gasteiger partial charge in [-0.25, -0.2) is 0 Å². The molecule has 1 rings (SSSR count). The van der Waals surface area contributed by atoms with Crippen LogP contribution in [0.5, 0.6) is 0 Å². The summed E-state index contributed by atoms with van der Waals surface area (Å²) in [5.74, 6) is 1.23. The Hall–Kier alpha value is -0.330. The van der Waals surface area contributed by atoms with Gasteiger partial charge in [-0.3, -0.25) is 4.79 Å². The summed E-state index contributed by atoms with van der Waals surface area (Å²) in [5.41, 5.74) is 0. The summed E-state index contributed by atoms with van der Waals surface area (Å²) >= 11 is 0. The molecule has 0 spiro atoms. The monoisotopic (exact) mass is 184 g/mol. The first-order chi connectivity index (χ1) is 6.33. The van der Waals surface area contributed by atoms with E-state index in [4.69, 9.17) is 0 Å². The van der Waals surface area contributed by atoms with E-state index in [2.05, 4.69) is 6.92 Å². The van der Waals surface area contributed by atoms with Gasteiger partial charge in [0.05, 0.1) is 0 Å². The standard InChI is InChI=1S/C10H18O.C2H6/c1-2-5-10(11)8-9-6-3-4-7-9;1-2/h9H,2-8H2,1H3;1-2H3. The number of Topliss-reactive ketones (excluding diaryl/α,β-unsaturated/α-hetero) is 1. The van der Waals surface area contributed by atoms with Crippen molar-refractivity contribution in [1.82, 2.24) is 0 Å². The van der Waals surface area contributed by atoms with E-state index < -0.39 is 0 Å². The van der Waals surface area contributed by atoms with Gasteiger partial charge in [0, 0.05) is 12.8 Å². The average Bonchev–Trinajstić information content (AvgIpc) is 2.61. The fourth-order valence-corrected chi connectivity index (χ4v) is 1.92. The third-order valence-electron chi connectivity index (χ3n) is 2.52. The van der Waals surface area contributed by atoms with E-state index in [1.807, 2.05) is 13.8 Å². The van der Waals surface area contributed by atoms with Crippen molar-refractivity contribution in [2.24, 2.45) is 5.92 Å². The summed E-state index contributed by atoms with van der Waals surface area (Å²) in [4.78, 5) is 11.2.